The number of nitrogens with one attached hydrogen (secondary N) is 2. The Morgan fingerprint density at radius 3 is 1.70 bits per heavy atom. The predicted molar refractivity (Wildman–Crippen MR) is 120 cm³/mol. The van der Waals surface area contributed by atoms with Gasteiger partial charge in [-0.25, -0.2) is 16.8 Å². The molecule has 0 heterocycles. The first-order chi connectivity index (χ1) is 14.0. The molecule has 0 amide bonds. The van der Waals surface area contributed by atoms with E-state index in [1.165, 1.54) is 42.5 Å². The first-order valence-corrected chi connectivity index (χ1v) is 12.3. The molecule has 9 heteroatoms. The molecule has 3 aromatic rings. The van der Waals surface area contributed by atoms with Gasteiger partial charge in [0.05, 0.1) is 9.79 Å². The number of rotatable bonds is 6. The first kappa shape index (κ1) is 22.1. The maximum absolute atomic E-state index is 12.7. The van der Waals surface area contributed by atoms with Gasteiger partial charge in [0.15, 0.2) is 0 Å². The maximum atomic E-state index is 12.7. The minimum absolute atomic E-state index is 0.133. The van der Waals surface area contributed by atoms with Crippen LogP contribution in [-0.2, 0) is 20.0 Å². The fourth-order valence-corrected chi connectivity index (χ4v) is 5.44. The molecule has 6 nitrogen and oxygen atoms in total. The number of hydrogen-bond donors (Lipinski definition) is 2. The van der Waals surface area contributed by atoms with E-state index in [0.717, 1.165) is 5.56 Å². The van der Waals surface area contributed by atoms with E-state index in [0.29, 0.717) is 27.5 Å². The van der Waals surface area contributed by atoms with Gasteiger partial charge in [-0.05, 0) is 80.4 Å². The van der Waals surface area contributed by atoms with Gasteiger partial charge in [0.2, 0.25) is 0 Å². The van der Waals surface area contributed by atoms with Gasteiger partial charge >= 0.3 is 0 Å². The van der Waals surface area contributed by atoms with Crippen molar-refractivity contribution in [1.82, 2.24) is 0 Å². The summed E-state index contributed by atoms with van der Waals surface area (Å²) in [5.74, 6) is 0. The van der Waals surface area contributed by atoms with Crippen molar-refractivity contribution in [2.24, 2.45) is 0 Å². The number of hydrogen-bond acceptors (Lipinski definition) is 4. The van der Waals surface area contributed by atoms with Crippen LogP contribution in [0, 0.1) is 20.8 Å². The van der Waals surface area contributed by atoms with Crippen molar-refractivity contribution in [1.29, 1.82) is 0 Å². The fourth-order valence-electron chi connectivity index (χ4n) is 2.79. The van der Waals surface area contributed by atoms with Gasteiger partial charge in [-0.2, -0.15) is 0 Å². The molecule has 0 unspecified atom stereocenters. The summed E-state index contributed by atoms with van der Waals surface area (Å²) < 4.78 is 55.4. The molecular weight excluding hydrogens is 444 g/mol. The summed E-state index contributed by atoms with van der Waals surface area (Å²) in [5.41, 5.74) is 2.76. The van der Waals surface area contributed by atoms with Crippen LogP contribution >= 0.6 is 11.6 Å². The molecule has 0 atom stereocenters. The number of benzene rings is 3. The summed E-state index contributed by atoms with van der Waals surface area (Å²) in [7, 11) is -7.56. The molecule has 2 N–H and O–H groups in total. The number of aryl methyl sites for hydroxylation is 3. The third kappa shape index (κ3) is 4.95. The van der Waals surface area contributed by atoms with E-state index in [-0.39, 0.29) is 9.79 Å². The van der Waals surface area contributed by atoms with Crippen molar-refractivity contribution < 1.29 is 16.8 Å². The van der Waals surface area contributed by atoms with Crippen molar-refractivity contribution >= 4 is 43.0 Å². The predicted octanol–water partition coefficient (Wildman–Crippen LogP) is 4.87. The van der Waals surface area contributed by atoms with Crippen LogP contribution in [0.5, 0.6) is 0 Å². The maximum Gasteiger partial charge on any atom is 0.262 e. The standard InChI is InChI=1S/C21H21ClN2O4S2/c1-14-4-10-19(11-5-14)29(25,26)23-17-6-8-18(9-7-17)24-30(27,28)21-13-15(2)20(22)12-16(21)3/h4-13,23-24H,1-3H3. The van der Waals surface area contributed by atoms with E-state index in [2.05, 4.69) is 9.44 Å². The van der Waals surface area contributed by atoms with Gasteiger partial charge in [0, 0.05) is 16.4 Å². The summed E-state index contributed by atoms with van der Waals surface area (Å²) in [5, 5.41) is 0.497. The van der Waals surface area contributed by atoms with Crippen LogP contribution in [0.3, 0.4) is 0 Å². The van der Waals surface area contributed by atoms with Gasteiger partial charge in [-0.3, -0.25) is 9.44 Å². The molecule has 0 aliphatic heterocycles. The monoisotopic (exact) mass is 464 g/mol. The molecule has 3 aromatic carbocycles. The highest BCUT2D eigenvalue weighted by Gasteiger charge is 2.19. The van der Waals surface area contributed by atoms with Gasteiger partial charge < -0.3 is 0 Å². The molecule has 0 aliphatic carbocycles. The topological polar surface area (TPSA) is 92.3 Å². The number of sulfonamides is 2. The summed E-state index contributed by atoms with van der Waals surface area (Å²) in [6, 6.07) is 15.6. The Morgan fingerprint density at radius 2 is 1.17 bits per heavy atom. The lowest BCUT2D eigenvalue weighted by Gasteiger charge is -2.13. The van der Waals surface area contributed by atoms with Crippen molar-refractivity contribution in [3.05, 3.63) is 82.4 Å². The van der Waals surface area contributed by atoms with E-state index in [9.17, 15) is 16.8 Å². The quantitative estimate of drug-likeness (QED) is 0.544. The summed E-state index contributed by atoms with van der Waals surface area (Å²) in [4.78, 5) is 0.278. The van der Waals surface area contributed by atoms with E-state index < -0.39 is 20.0 Å². The van der Waals surface area contributed by atoms with Gasteiger partial charge in [0.25, 0.3) is 20.0 Å². The Labute approximate surface area is 182 Å². The molecule has 0 saturated heterocycles. The summed E-state index contributed by atoms with van der Waals surface area (Å²) in [6.07, 6.45) is 0. The van der Waals surface area contributed by atoms with Crippen LogP contribution in [0.2, 0.25) is 5.02 Å². The second kappa shape index (κ2) is 8.29. The van der Waals surface area contributed by atoms with Gasteiger partial charge in [-0.1, -0.05) is 29.3 Å². The largest absolute Gasteiger partial charge is 0.280 e. The average Bonchev–Trinajstić information content (AvgIpc) is 2.66. The zero-order valence-electron chi connectivity index (χ0n) is 16.6. The number of halogens is 1. The Balaban J connectivity index is 1.79. The molecule has 158 valence electrons. The van der Waals surface area contributed by atoms with Gasteiger partial charge in [0.1, 0.15) is 0 Å². The van der Waals surface area contributed by atoms with Crippen LogP contribution in [0.15, 0.2) is 70.5 Å². The third-order valence-corrected chi connectivity index (χ3v) is 7.79. The molecule has 0 aromatic heterocycles. The van der Waals surface area contributed by atoms with Crippen molar-refractivity contribution in [3.8, 4) is 0 Å². The molecule has 0 spiro atoms. The molecule has 0 fully saturated rings. The lowest BCUT2D eigenvalue weighted by atomic mass is 10.2. The summed E-state index contributed by atoms with van der Waals surface area (Å²) in [6.45, 7) is 5.27. The van der Waals surface area contributed by atoms with Crippen LogP contribution in [0.1, 0.15) is 16.7 Å². The van der Waals surface area contributed by atoms with E-state index >= 15 is 0 Å². The van der Waals surface area contributed by atoms with Crippen molar-refractivity contribution in [2.45, 2.75) is 30.6 Å². The minimum atomic E-state index is -3.83. The van der Waals surface area contributed by atoms with Crippen molar-refractivity contribution in [2.75, 3.05) is 9.44 Å². The molecule has 0 bridgehead atoms. The fraction of sp³-hybridized carbons (Fsp3) is 0.143. The van der Waals surface area contributed by atoms with E-state index in [4.69, 9.17) is 11.6 Å². The highest BCUT2D eigenvalue weighted by Crippen LogP contribution is 2.26. The minimum Gasteiger partial charge on any atom is -0.280 e. The second-order valence-electron chi connectivity index (χ2n) is 6.97. The Morgan fingerprint density at radius 1 is 0.667 bits per heavy atom. The highest BCUT2D eigenvalue weighted by atomic mass is 35.5. The zero-order valence-corrected chi connectivity index (χ0v) is 19.0. The van der Waals surface area contributed by atoms with Crippen LogP contribution < -0.4 is 9.44 Å². The third-order valence-electron chi connectivity index (χ3n) is 4.47. The second-order valence-corrected chi connectivity index (χ2v) is 10.7. The molecular formula is C21H21ClN2O4S2. The van der Waals surface area contributed by atoms with E-state index in [1.54, 1.807) is 32.0 Å². The average molecular weight is 465 g/mol. The van der Waals surface area contributed by atoms with E-state index in [1.807, 2.05) is 6.92 Å². The smallest absolute Gasteiger partial charge is 0.262 e. The zero-order chi connectivity index (χ0) is 22.1. The summed E-state index contributed by atoms with van der Waals surface area (Å²) >= 11 is 6.05. The Hall–Kier alpha value is -2.55. The Bertz CT molecular complexity index is 1290. The first-order valence-electron chi connectivity index (χ1n) is 8.97. The molecule has 3 rings (SSSR count). The van der Waals surface area contributed by atoms with Crippen LogP contribution in [0.4, 0.5) is 11.4 Å². The normalized spacial score (nSPS) is 11.9. The SMILES string of the molecule is Cc1ccc(S(=O)(=O)Nc2ccc(NS(=O)(=O)c3cc(C)c(Cl)cc3C)cc2)cc1. The molecule has 0 saturated carbocycles. The Kier molecular flexibility index (Phi) is 6.12. The highest BCUT2D eigenvalue weighted by molar-refractivity contribution is 7.93. The lowest BCUT2D eigenvalue weighted by Crippen LogP contribution is -2.15. The molecule has 30 heavy (non-hydrogen) atoms. The number of anilines is 2. The van der Waals surface area contributed by atoms with Crippen LogP contribution in [0.25, 0.3) is 0 Å². The lowest BCUT2D eigenvalue weighted by molar-refractivity contribution is 0.599. The molecule has 0 aliphatic rings. The molecule has 0 radical (unpaired) electrons. The van der Waals surface area contributed by atoms with Gasteiger partial charge in [-0.15, -0.1) is 0 Å². The van der Waals surface area contributed by atoms with Crippen LogP contribution in [-0.4, -0.2) is 16.8 Å². The van der Waals surface area contributed by atoms with Crippen molar-refractivity contribution in [3.63, 3.8) is 0 Å².